The Hall–Kier alpha value is -0.130. The molecule has 0 fully saturated rings. The molecule has 0 aromatic rings. The maximum Gasteiger partial charge on any atom is 0.266 e. The van der Waals surface area contributed by atoms with Crippen molar-refractivity contribution >= 4 is 10.1 Å². The Morgan fingerprint density at radius 2 is 1.88 bits per heavy atom. The van der Waals surface area contributed by atoms with Crippen molar-refractivity contribution in [3.8, 4) is 0 Å². The highest BCUT2D eigenvalue weighted by atomic mass is 32.2. The van der Waals surface area contributed by atoms with Gasteiger partial charge in [-0.3, -0.25) is 0 Å². The van der Waals surface area contributed by atoms with Crippen molar-refractivity contribution < 1.29 is 17.7 Å². The van der Waals surface area contributed by atoms with Crippen LogP contribution in [0.2, 0.25) is 0 Å². The molecule has 0 aromatic carbocycles. The Morgan fingerprint density at radius 1 is 1.50 bits per heavy atom. The van der Waals surface area contributed by atoms with E-state index in [1.54, 1.807) is 0 Å². The van der Waals surface area contributed by atoms with E-state index in [4.69, 9.17) is 0 Å². The van der Waals surface area contributed by atoms with Gasteiger partial charge in [0, 0.05) is 0 Å². The lowest BCUT2D eigenvalue weighted by Crippen LogP contribution is -2.10. The van der Waals surface area contributed by atoms with Crippen LogP contribution in [0.5, 0.6) is 0 Å². The van der Waals surface area contributed by atoms with E-state index < -0.39 is 16.4 Å². The zero-order valence-corrected chi connectivity index (χ0v) is 5.44. The minimum Gasteiger partial charge on any atom is -0.235 e. The van der Waals surface area contributed by atoms with Gasteiger partial charge in [0.2, 0.25) is 6.29 Å². The number of hydrogen-bond acceptors (Lipinski definition) is 3. The van der Waals surface area contributed by atoms with Crippen LogP contribution in [0.3, 0.4) is 0 Å². The van der Waals surface area contributed by atoms with E-state index in [1.807, 2.05) is 0 Å². The summed E-state index contributed by atoms with van der Waals surface area (Å²) in [5.74, 6) is 0. The van der Waals surface area contributed by atoms with Gasteiger partial charge in [0.1, 0.15) is 0 Å². The Balaban J connectivity index is 3.75. The fraction of sp³-hybridized carbons (Fsp3) is 1.00. The van der Waals surface area contributed by atoms with E-state index in [2.05, 4.69) is 4.18 Å². The van der Waals surface area contributed by atoms with Crippen molar-refractivity contribution in [2.45, 2.75) is 13.2 Å². The van der Waals surface area contributed by atoms with Gasteiger partial charge in [-0.15, -0.1) is 0 Å². The maximum atomic E-state index is 10.0. The molecule has 1 atom stereocenters. The topological polar surface area (TPSA) is 63.3 Å². The molecule has 0 bridgehead atoms. The molecule has 5 heteroatoms. The summed E-state index contributed by atoms with van der Waals surface area (Å²) < 4.78 is 23.9. The zero-order chi connectivity index (χ0) is 6.78. The predicted molar refractivity (Wildman–Crippen MR) is 26.1 cm³/mol. The third kappa shape index (κ3) is 5.87. The molecule has 8 heavy (non-hydrogen) atoms. The van der Waals surface area contributed by atoms with Crippen molar-refractivity contribution in [1.82, 2.24) is 0 Å². The first-order chi connectivity index (χ1) is 3.42. The first-order valence-electron chi connectivity index (χ1n) is 1.96. The Morgan fingerprint density at radius 3 is 1.88 bits per heavy atom. The third-order valence-electron chi connectivity index (χ3n) is 0.310. The molecule has 0 aromatic heterocycles. The molecule has 49 valence electrons. The van der Waals surface area contributed by atoms with E-state index in [1.165, 1.54) is 0 Å². The second kappa shape index (κ2) is 2.43. The Labute approximate surface area is 48.2 Å². The van der Waals surface area contributed by atoms with Crippen LogP contribution in [0.4, 0.5) is 0 Å². The second-order valence-electron chi connectivity index (χ2n) is 1.37. The van der Waals surface area contributed by atoms with Gasteiger partial charge < -0.3 is 0 Å². The molecule has 0 saturated carbocycles. The fourth-order valence-electron chi connectivity index (χ4n) is 0.246. The largest absolute Gasteiger partial charge is 0.266 e. The number of rotatable bonds is 2. The van der Waals surface area contributed by atoms with Crippen molar-refractivity contribution in [3.05, 3.63) is 0 Å². The monoisotopic (exact) mass is 139 g/mol. The van der Waals surface area contributed by atoms with Crippen molar-refractivity contribution in [2.24, 2.45) is 0 Å². The molecule has 0 rings (SSSR count). The van der Waals surface area contributed by atoms with E-state index in [9.17, 15) is 13.5 Å². The van der Waals surface area contributed by atoms with Crippen LogP contribution in [-0.4, -0.2) is 21.0 Å². The van der Waals surface area contributed by atoms with Crippen molar-refractivity contribution in [3.63, 3.8) is 0 Å². The summed E-state index contributed by atoms with van der Waals surface area (Å²) >= 11 is 0. The first-order valence-corrected chi connectivity index (χ1v) is 3.77. The van der Waals surface area contributed by atoms with Crippen LogP contribution in [0.25, 0.3) is 0 Å². The molecule has 0 aliphatic heterocycles. The van der Waals surface area contributed by atoms with Crippen LogP contribution in [0.1, 0.15) is 6.92 Å². The quantitative estimate of drug-likeness (QED) is 0.391. The molecule has 0 aliphatic rings. The molecule has 1 unspecified atom stereocenters. The minimum atomic E-state index is -3.54. The molecule has 0 N–H and O–H groups in total. The standard InChI is InChI=1S/C3H7O4S/c1-3(4)7-8(2,5)6/h3H,1-2H3. The third-order valence-corrected chi connectivity index (χ3v) is 0.931. The molecule has 0 aliphatic carbocycles. The molecule has 0 spiro atoms. The normalized spacial score (nSPS) is 15.9. The van der Waals surface area contributed by atoms with Crippen LogP contribution in [0.15, 0.2) is 0 Å². The Bertz CT molecular complexity index is 145. The molecular formula is C3H7O4S. The van der Waals surface area contributed by atoms with Gasteiger partial charge in [-0.2, -0.15) is 8.42 Å². The molecular weight excluding hydrogens is 132 g/mol. The lowest BCUT2D eigenvalue weighted by atomic mass is 10.8. The number of hydrogen-bond donors (Lipinski definition) is 0. The summed E-state index contributed by atoms with van der Waals surface area (Å²) in [5, 5.41) is 9.94. The second-order valence-corrected chi connectivity index (χ2v) is 2.97. The minimum absolute atomic E-state index is 0.835. The summed E-state index contributed by atoms with van der Waals surface area (Å²) in [6.45, 7) is 1.11. The average Bonchev–Trinajstić information content (AvgIpc) is 1.21. The highest BCUT2D eigenvalue weighted by Gasteiger charge is 2.05. The molecule has 1 radical (unpaired) electrons. The lowest BCUT2D eigenvalue weighted by molar-refractivity contribution is -0.0500. The van der Waals surface area contributed by atoms with Crippen LogP contribution < -0.4 is 0 Å². The van der Waals surface area contributed by atoms with E-state index in [0.717, 1.165) is 13.2 Å². The van der Waals surface area contributed by atoms with Crippen LogP contribution in [0, 0.1) is 0 Å². The van der Waals surface area contributed by atoms with Gasteiger partial charge in [0.05, 0.1) is 6.26 Å². The van der Waals surface area contributed by atoms with Gasteiger partial charge >= 0.3 is 0 Å². The highest BCUT2D eigenvalue weighted by Crippen LogP contribution is 1.91. The SMILES string of the molecule is CC([O])OS(C)(=O)=O. The van der Waals surface area contributed by atoms with Crippen molar-refractivity contribution in [2.75, 3.05) is 6.26 Å². The summed E-state index contributed by atoms with van der Waals surface area (Å²) in [5.41, 5.74) is 0. The summed E-state index contributed by atoms with van der Waals surface area (Å²) in [6.07, 6.45) is -0.661. The lowest BCUT2D eigenvalue weighted by Gasteiger charge is -1.97. The van der Waals surface area contributed by atoms with Crippen LogP contribution in [-0.2, 0) is 19.4 Å². The summed E-state index contributed by atoms with van der Waals surface area (Å²) in [6, 6.07) is 0. The van der Waals surface area contributed by atoms with E-state index in [0.29, 0.717) is 0 Å². The van der Waals surface area contributed by atoms with Crippen LogP contribution >= 0.6 is 0 Å². The zero-order valence-electron chi connectivity index (χ0n) is 4.62. The highest BCUT2D eigenvalue weighted by molar-refractivity contribution is 7.86. The maximum absolute atomic E-state index is 10.0. The van der Waals surface area contributed by atoms with Gasteiger partial charge in [-0.05, 0) is 6.92 Å². The van der Waals surface area contributed by atoms with E-state index >= 15 is 0 Å². The molecule has 0 heterocycles. The predicted octanol–water partition coefficient (Wildman–Crippen LogP) is -0.261. The fourth-order valence-corrected chi connectivity index (χ4v) is 0.738. The average molecular weight is 139 g/mol. The van der Waals surface area contributed by atoms with Gasteiger partial charge in [-0.25, -0.2) is 9.29 Å². The molecule has 0 saturated heterocycles. The summed E-state index contributed by atoms with van der Waals surface area (Å²) in [4.78, 5) is 0. The smallest absolute Gasteiger partial charge is 0.235 e. The summed E-state index contributed by atoms with van der Waals surface area (Å²) in [7, 11) is -3.54. The Kier molecular flexibility index (Phi) is 2.39. The van der Waals surface area contributed by atoms with Gasteiger partial charge in [-0.1, -0.05) is 0 Å². The first kappa shape index (κ1) is 7.87. The van der Waals surface area contributed by atoms with E-state index in [-0.39, 0.29) is 0 Å². The molecule has 4 nitrogen and oxygen atoms in total. The van der Waals surface area contributed by atoms with Crippen molar-refractivity contribution in [1.29, 1.82) is 0 Å². The molecule has 0 amide bonds. The van der Waals surface area contributed by atoms with Gasteiger partial charge in [0.15, 0.2) is 0 Å². The van der Waals surface area contributed by atoms with Gasteiger partial charge in [0.25, 0.3) is 10.1 Å².